The summed E-state index contributed by atoms with van der Waals surface area (Å²) < 4.78 is 50.1. The van der Waals surface area contributed by atoms with Gasteiger partial charge >= 0.3 is 0 Å². The summed E-state index contributed by atoms with van der Waals surface area (Å²) in [6.45, 7) is 6.29. The van der Waals surface area contributed by atoms with Crippen LogP contribution in [0.2, 0.25) is 0 Å². The number of thiol groups is 1. The lowest BCUT2D eigenvalue weighted by molar-refractivity contribution is -0.126. The number of piperidine rings is 1. The minimum Gasteiger partial charge on any atom is -0.454 e. The first-order valence-electron chi connectivity index (χ1n) is 14.2. The number of amides is 1. The molecule has 3 aliphatic heterocycles. The summed E-state index contributed by atoms with van der Waals surface area (Å²) in [5.41, 5.74) is 3.02. The normalized spacial score (nSPS) is 19.7. The maximum atomic E-state index is 13.6. The van der Waals surface area contributed by atoms with Crippen molar-refractivity contribution in [2.24, 2.45) is 5.92 Å². The molecule has 0 bridgehead atoms. The fraction of sp³-hybridized carbons (Fsp3) is 0.419. The third kappa shape index (κ3) is 5.65. The number of benzene rings is 2. The average molecular weight is 614 g/mol. The van der Waals surface area contributed by atoms with Crippen molar-refractivity contribution in [3.8, 4) is 34.1 Å². The standard InChI is InChI=1S/C31H33F2N3O6S/c1-16-10-25(43)22(30(38)35-16)13-34-29(37)20-12-21(18-4-5-23-24(11-18)40-15-39-23)28-27(17(20)2)41-31(3,42-28)19-6-8-36(9-7-19)14-26(32)33/h4-5,10-12,19,26H,6-9,13-15H2,1-3H3,(H,34,37)(H2,35,38,43). The summed E-state index contributed by atoms with van der Waals surface area (Å²) in [7, 11) is 0. The summed E-state index contributed by atoms with van der Waals surface area (Å²) in [4.78, 5) is 31.1. The van der Waals surface area contributed by atoms with E-state index in [0.29, 0.717) is 81.8 Å². The van der Waals surface area contributed by atoms with Crippen molar-refractivity contribution in [2.45, 2.75) is 57.3 Å². The molecule has 12 heteroatoms. The number of hydrogen-bond donors (Lipinski definition) is 3. The zero-order chi connectivity index (χ0) is 30.5. The molecule has 9 nitrogen and oxygen atoms in total. The number of likely N-dealkylation sites (tertiary alicyclic amines) is 1. The van der Waals surface area contributed by atoms with Crippen LogP contribution in [0.4, 0.5) is 8.78 Å². The minimum absolute atomic E-state index is 0.0184. The Balaban J connectivity index is 1.33. The smallest absolute Gasteiger partial charge is 0.254 e. The summed E-state index contributed by atoms with van der Waals surface area (Å²) in [6, 6.07) is 8.98. The molecule has 4 heterocycles. The van der Waals surface area contributed by atoms with Crippen molar-refractivity contribution >= 4 is 18.5 Å². The molecule has 0 saturated carbocycles. The number of carbonyl (C=O) groups is 1. The number of aromatic amines is 1. The van der Waals surface area contributed by atoms with Gasteiger partial charge in [-0.25, -0.2) is 8.78 Å². The van der Waals surface area contributed by atoms with Gasteiger partial charge in [-0.1, -0.05) is 6.07 Å². The maximum Gasteiger partial charge on any atom is 0.254 e. The monoisotopic (exact) mass is 613 g/mol. The van der Waals surface area contributed by atoms with Crippen LogP contribution in [0.1, 0.15) is 46.9 Å². The number of pyridine rings is 1. The Labute approximate surface area is 252 Å². The fourth-order valence-electron chi connectivity index (χ4n) is 6.03. The highest BCUT2D eigenvalue weighted by molar-refractivity contribution is 7.80. The predicted molar refractivity (Wildman–Crippen MR) is 158 cm³/mol. The third-order valence-corrected chi connectivity index (χ3v) is 8.82. The zero-order valence-electron chi connectivity index (χ0n) is 24.1. The molecular weight excluding hydrogens is 580 g/mol. The molecular formula is C31H33F2N3O6S. The quantitative estimate of drug-likeness (QED) is 0.320. The van der Waals surface area contributed by atoms with Crippen LogP contribution in [0.5, 0.6) is 23.0 Å². The zero-order valence-corrected chi connectivity index (χ0v) is 25.0. The van der Waals surface area contributed by atoms with E-state index in [4.69, 9.17) is 18.9 Å². The van der Waals surface area contributed by atoms with E-state index in [9.17, 15) is 18.4 Å². The number of fused-ring (bicyclic) bond motifs is 2. The second-order valence-electron chi connectivity index (χ2n) is 11.3. The lowest BCUT2D eigenvalue weighted by Gasteiger charge is -2.38. The second-order valence-corrected chi connectivity index (χ2v) is 11.8. The number of hydrogen-bond acceptors (Lipinski definition) is 8. The fourth-order valence-corrected chi connectivity index (χ4v) is 6.41. The van der Waals surface area contributed by atoms with Gasteiger partial charge in [-0.05, 0) is 69.6 Å². The van der Waals surface area contributed by atoms with Crippen molar-refractivity contribution in [3.63, 3.8) is 0 Å². The Morgan fingerprint density at radius 1 is 1.12 bits per heavy atom. The average Bonchev–Trinajstić information content (AvgIpc) is 3.57. The van der Waals surface area contributed by atoms with E-state index in [0.717, 1.165) is 5.56 Å². The summed E-state index contributed by atoms with van der Waals surface area (Å²) in [6.07, 6.45) is -1.13. The molecule has 2 aromatic carbocycles. The van der Waals surface area contributed by atoms with Gasteiger partial charge in [0.15, 0.2) is 23.0 Å². The third-order valence-electron chi connectivity index (χ3n) is 8.42. The van der Waals surface area contributed by atoms with Crippen LogP contribution >= 0.6 is 12.6 Å². The highest BCUT2D eigenvalue weighted by Crippen LogP contribution is 2.53. The van der Waals surface area contributed by atoms with Gasteiger partial charge in [-0.15, -0.1) is 12.6 Å². The van der Waals surface area contributed by atoms with Gasteiger partial charge in [0, 0.05) is 52.2 Å². The van der Waals surface area contributed by atoms with Crippen LogP contribution < -0.4 is 29.8 Å². The lowest BCUT2D eigenvalue weighted by Crippen LogP contribution is -2.49. The van der Waals surface area contributed by atoms with E-state index in [2.05, 4.69) is 22.9 Å². The van der Waals surface area contributed by atoms with Gasteiger partial charge < -0.3 is 29.2 Å². The molecule has 0 aliphatic carbocycles. The Hall–Kier alpha value is -3.77. The van der Waals surface area contributed by atoms with E-state index >= 15 is 0 Å². The molecule has 3 aliphatic rings. The highest BCUT2D eigenvalue weighted by atomic mass is 32.1. The second kappa shape index (κ2) is 11.4. The molecule has 0 radical (unpaired) electrons. The Morgan fingerprint density at radius 3 is 2.56 bits per heavy atom. The largest absolute Gasteiger partial charge is 0.454 e. The van der Waals surface area contributed by atoms with Gasteiger partial charge in [0.2, 0.25) is 6.79 Å². The van der Waals surface area contributed by atoms with E-state index in [-0.39, 0.29) is 31.4 Å². The Kier molecular flexibility index (Phi) is 7.76. The van der Waals surface area contributed by atoms with E-state index in [1.54, 1.807) is 36.9 Å². The van der Waals surface area contributed by atoms with Crippen LogP contribution in [-0.2, 0) is 6.54 Å². The molecule has 0 spiro atoms. The van der Waals surface area contributed by atoms with Crippen LogP contribution in [0.3, 0.4) is 0 Å². The molecule has 1 atom stereocenters. The number of aryl methyl sites for hydroxylation is 1. The molecule has 1 saturated heterocycles. The molecule has 228 valence electrons. The summed E-state index contributed by atoms with van der Waals surface area (Å²) in [5.74, 6) is 0.628. The van der Waals surface area contributed by atoms with Gasteiger partial charge in [0.1, 0.15) is 0 Å². The number of alkyl halides is 2. The van der Waals surface area contributed by atoms with Crippen LogP contribution in [0.15, 0.2) is 40.0 Å². The topological polar surface area (TPSA) is 102 Å². The first-order chi connectivity index (χ1) is 20.5. The van der Waals surface area contributed by atoms with E-state index in [1.807, 2.05) is 19.1 Å². The number of carbonyl (C=O) groups excluding carboxylic acids is 1. The van der Waals surface area contributed by atoms with Crippen LogP contribution in [-0.4, -0.2) is 54.4 Å². The van der Waals surface area contributed by atoms with Crippen molar-refractivity contribution in [1.29, 1.82) is 0 Å². The van der Waals surface area contributed by atoms with E-state index in [1.165, 1.54) is 0 Å². The van der Waals surface area contributed by atoms with E-state index < -0.39 is 18.1 Å². The number of nitrogens with one attached hydrogen (secondary N) is 2. The van der Waals surface area contributed by atoms with Gasteiger partial charge in [-0.3, -0.25) is 14.5 Å². The highest BCUT2D eigenvalue weighted by Gasteiger charge is 2.47. The lowest BCUT2D eigenvalue weighted by atomic mass is 9.89. The SMILES string of the molecule is Cc1cc(S)c(CNC(=O)c2cc(-c3ccc4c(c3)OCO4)c3c(c2C)OC(C)(C2CCN(CC(F)F)CC2)O3)c(=O)[nH]1. The van der Waals surface area contributed by atoms with Gasteiger partial charge in [0.05, 0.1) is 6.54 Å². The summed E-state index contributed by atoms with van der Waals surface area (Å²) >= 11 is 4.42. The number of aromatic nitrogens is 1. The Morgan fingerprint density at radius 2 is 1.84 bits per heavy atom. The molecule has 6 rings (SSSR count). The van der Waals surface area contributed by atoms with Crippen molar-refractivity contribution in [1.82, 2.24) is 15.2 Å². The molecule has 3 aromatic rings. The molecule has 1 aromatic heterocycles. The van der Waals surface area contributed by atoms with Gasteiger partial charge in [0.25, 0.3) is 23.7 Å². The molecule has 43 heavy (non-hydrogen) atoms. The van der Waals surface area contributed by atoms with Crippen molar-refractivity contribution in [3.05, 3.63) is 63.1 Å². The number of H-pyrrole nitrogens is 1. The Bertz CT molecular complexity index is 1640. The molecule has 1 fully saturated rings. The molecule has 2 N–H and O–H groups in total. The molecule has 1 amide bonds. The summed E-state index contributed by atoms with van der Waals surface area (Å²) in [5, 5.41) is 2.86. The van der Waals surface area contributed by atoms with Crippen LogP contribution in [0.25, 0.3) is 11.1 Å². The maximum absolute atomic E-state index is 13.6. The first kappa shape index (κ1) is 29.3. The molecule has 1 unspecified atom stereocenters. The number of nitrogens with zero attached hydrogens (tertiary/aromatic N) is 1. The van der Waals surface area contributed by atoms with Crippen LogP contribution in [0, 0.1) is 19.8 Å². The predicted octanol–water partition coefficient (Wildman–Crippen LogP) is 5.07. The minimum atomic E-state index is -2.38. The van der Waals surface area contributed by atoms with Gasteiger partial charge in [-0.2, -0.15) is 0 Å². The number of halogens is 2. The van der Waals surface area contributed by atoms with Crippen molar-refractivity contribution in [2.75, 3.05) is 26.4 Å². The first-order valence-corrected chi connectivity index (χ1v) is 14.6. The van der Waals surface area contributed by atoms with Crippen molar-refractivity contribution < 1.29 is 32.5 Å². The number of rotatable bonds is 7. The number of ether oxygens (including phenoxy) is 4.